The van der Waals surface area contributed by atoms with Crippen LogP contribution in [-0.4, -0.2) is 55.7 Å². The summed E-state index contributed by atoms with van der Waals surface area (Å²) in [6, 6.07) is -0.636. The lowest BCUT2D eigenvalue weighted by Gasteiger charge is -2.44. The first-order valence-electron chi connectivity index (χ1n) is 8.84. The molecule has 3 aliphatic heterocycles. The van der Waals surface area contributed by atoms with E-state index in [0.717, 1.165) is 0 Å². The summed E-state index contributed by atoms with van der Waals surface area (Å²) in [5, 5.41) is 8.55. The van der Waals surface area contributed by atoms with Crippen molar-refractivity contribution in [1.82, 2.24) is 14.5 Å². The summed E-state index contributed by atoms with van der Waals surface area (Å²) in [7, 11) is 0. The molecule has 0 atom stereocenters. The topological polar surface area (TPSA) is 82.9 Å². The Kier molecular flexibility index (Phi) is 3.59. The highest BCUT2D eigenvalue weighted by Gasteiger charge is 2.56. The quantitative estimate of drug-likeness (QED) is 0.492. The molecule has 0 aromatic rings. The number of amidine groups is 2. The molecule has 0 aliphatic carbocycles. The Hall–Kier alpha value is -2.40. The van der Waals surface area contributed by atoms with E-state index in [9.17, 15) is 9.59 Å². The van der Waals surface area contributed by atoms with Crippen molar-refractivity contribution in [2.75, 3.05) is 0 Å². The molecule has 0 saturated carbocycles. The number of hydrogen-bond donors (Lipinski definition) is 0. The van der Waals surface area contributed by atoms with E-state index >= 15 is 0 Å². The molecule has 3 rings (SSSR count). The van der Waals surface area contributed by atoms with Crippen molar-refractivity contribution in [2.24, 2.45) is 0 Å². The highest BCUT2D eigenvalue weighted by atomic mass is 16.2. The number of carbonyl (C=O) groups is 2. The molecule has 0 aromatic carbocycles. The number of rotatable bonds is 0. The zero-order chi connectivity index (χ0) is 19.7. The Labute approximate surface area is 155 Å². The van der Waals surface area contributed by atoms with Gasteiger partial charge >= 0.3 is 11.9 Å². The number of hydrogen-bond acceptors (Lipinski definition) is 2. The summed E-state index contributed by atoms with van der Waals surface area (Å²) in [4.78, 5) is 28.3. The van der Waals surface area contributed by atoms with Crippen LogP contribution in [0.3, 0.4) is 0 Å². The van der Waals surface area contributed by atoms with Gasteiger partial charge in [-0.25, -0.2) is 4.67 Å². The van der Waals surface area contributed by atoms with Crippen LogP contribution in [0.15, 0.2) is 12.2 Å². The predicted octanol–water partition coefficient (Wildman–Crippen LogP) is 3.36. The van der Waals surface area contributed by atoms with E-state index in [1.54, 1.807) is 28.4 Å². The molecule has 3 aliphatic rings. The van der Waals surface area contributed by atoms with Crippen molar-refractivity contribution in [1.29, 1.82) is 0 Å². The van der Waals surface area contributed by atoms with Crippen LogP contribution in [0, 0.1) is 6.42 Å². The van der Waals surface area contributed by atoms with Gasteiger partial charge in [0.15, 0.2) is 12.1 Å². The maximum atomic E-state index is 12.6. The van der Waals surface area contributed by atoms with Crippen LogP contribution in [-0.2, 0) is 0 Å². The average molecular weight is 357 g/mol. The molecule has 0 radical (unpaired) electrons. The lowest BCUT2D eigenvalue weighted by Crippen LogP contribution is -2.56. The summed E-state index contributed by atoms with van der Waals surface area (Å²) in [5.74, 6) is 0.972. The Morgan fingerprint density at radius 2 is 1.31 bits per heavy atom. The van der Waals surface area contributed by atoms with Crippen LogP contribution in [0.4, 0.5) is 9.59 Å². The summed E-state index contributed by atoms with van der Waals surface area (Å²) in [6.07, 6.45) is 5.35. The first-order chi connectivity index (χ1) is 11.7. The second kappa shape index (κ2) is 5.07. The number of carbonyl (C=O) groups excluding carboxylic acids is 2. The molecule has 140 valence electrons. The fourth-order valence-electron chi connectivity index (χ4n) is 3.31. The monoisotopic (exact) mass is 357 g/mol. The van der Waals surface area contributed by atoms with Crippen molar-refractivity contribution in [3.63, 3.8) is 0 Å². The lowest BCUT2D eigenvalue weighted by molar-refractivity contribution is 0.197. The van der Waals surface area contributed by atoms with Crippen LogP contribution in [0.25, 0.3) is 10.6 Å². The van der Waals surface area contributed by atoms with Crippen molar-refractivity contribution in [2.45, 2.75) is 77.5 Å². The molecule has 0 aromatic heterocycles. The second-order valence-corrected chi connectivity index (χ2v) is 9.05. The Bertz CT molecular complexity index is 782. The minimum Gasteiger partial charge on any atom is -0.424 e. The Morgan fingerprint density at radius 3 is 1.73 bits per heavy atom. The highest BCUT2D eigenvalue weighted by Crippen LogP contribution is 2.44. The van der Waals surface area contributed by atoms with E-state index < -0.39 is 22.2 Å². The molecule has 2 saturated heterocycles. The Balaban J connectivity index is 2.10. The normalized spacial score (nSPS) is 27.5. The summed E-state index contributed by atoms with van der Waals surface area (Å²) in [5.41, 5.74) is -2.16. The Morgan fingerprint density at radius 1 is 0.846 bits per heavy atom. The van der Waals surface area contributed by atoms with Gasteiger partial charge in [0.2, 0.25) is 0 Å². The third kappa shape index (κ3) is 2.27. The third-order valence-corrected chi connectivity index (χ3v) is 6.42. The molecule has 7 nitrogen and oxygen atoms in total. The second-order valence-electron chi connectivity index (χ2n) is 9.05. The largest absolute Gasteiger partial charge is 0.424 e. The number of nitrogens with zero attached hydrogens (tertiary/aromatic N) is 5. The maximum absolute atomic E-state index is 12.6. The molecule has 0 unspecified atom stereocenters. The summed E-state index contributed by atoms with van der Waals surface area (Å²) in [6.45, 7) is 15.6. The molecular weight excluding hydrogens is 330 g/mol. The van der Waals surface area contributed by atoms with E-state index in [0.29, 0.717) is 11.7 Å². The van der Waals surface area contributed by atoms with Crippen LogP contribution >= 0.6 is 0 Å². The first kappa shape index (κ1) is 18.4. The van der Waals surface area contributed by atoms with E-state index in [2.05, 4.69) is 15.3 Å². The van der Waals surface area contributed by atoms with Gasteiger partial charge in [-0.15, -0.1) is 0 Å². The predicted molar refractivity (Wildman–Crippen MR) is 103 cm³/mol. The van der Waals surface area contributed by atoms with Crippen molar-refractivity contribution in [3.8, 4) is 0 Å². The molecule has 3 heterocycles. The maximum Gasteiger partial charge on any atom is 0.401 e. The first-order valence-corrected chi connectivity index (χ1v) is 8.84. The van der Waals surface area contributed by atoms with E-state index in [4.69, 9.17) is 0 Å². The fourth-order valence-corrected chi connectivity index (χ4v) is 3.31. The minimum absolute atomic E-state index is 0.318. The SMILES string of the molecule is CC1(C)[N-]C(=O)N(C2=[N+]=C(N3C(=O)[N-]C(C)(C)C3(C)C)[CH+]C=C2)C1(C)C. The minimum atomic E-state index is -0.540. The van der Waals surface area contributed by atoms with E-state index in [1.165, 1.54) is 0 Å². The van der Waals surface area contributed by atoms with Gasteiger partial charge < -0.3 is 15.5 Å². The van der Waals surface area contributed by atoms with Crippen LogP contribution in [0.1, 0.15) is 55.4 Å². The standard InChI is InChI=1S/C19H27N5O2/c1-16(2)18(5,6)23(14(25)21-16)12-10-9-11-13(20-12)24-15(26)22-17(3,4)19(24,7)8/h9-11H,1-8H3. The lowest BCUT2D eigenvalue weighted by atomic mass is 9.83. The summed E-state index contributed by atoms with van der Waals surface area (Å²) >= 11 is 0. The average Bonchev–Trinajstić information content (AvgIpc) is 2.71. The molecule has 7 heteroatoms. The smallest absolute Gasteiger partial charge is 0.401 e. The van der Waals surface area contributed by atoms with E-state index in [1.807, 2.05) is 55.4 Å². The van der Waals surface area contributed by atoms with E-state index in [-0.39, 0.29) is 12.1 Å². The number of urea groups is 2. The molecule has 4 amide bonds. The zero-order valence-corrected chi connectivity index (χ0v) is 16.8. The van der Waals surface area contributed by atoms with Gasteiger partial charge in [-0.2, -0.15) is 4.90 Å². The number of amides is 4. The van der Waals surface area contributed by atoms with Gasteiger partial charge in [-0.3, -0.25) is 9.59 Å². The van der Waals surface area contributed by atoms with Crippen molar-refractivity contribution in [3.05, 3.63) is 29.2 Å². The van der Waals surface area contributed by atoms with Gasteiger partial charge in [0.1, 0.15) is 12.5 Å². The van der Waals surface area contributed by atoms with Gasteiger partial charge in [-0.05, 0) is 24.9 Å². The molecule has 2 fully saturated rings. The van der Waals surface area contributed by atoms with Crippen molar-refractivity contribution >= 4 is 23.7 Å². The van der Waals surface area contributed by atoms with Crippen LogP contribution < -0.4 is 4.67 Å². The molecule has 0 N–H and O–H groups in total. The summed E-state index contributed by atoms with van der Waals surface area (Å²) < 4.78 is 4.65. The van der Waals surface area contributed by atoms with Gasteiger partial charge in [-0.1, -0.05) is 41.5 Å². The third-order valence-electron chi connectivity index (χ3n) is 6.42. The molecule has 26 heavy (non-hydrogen) atoms. The fraction of sp³-hybridized carbons (Fsp3) is 0.632. The highest BCUT2D eigenvalue weighted by molar-refractivity contribution is 6.17. The molecule has 0 spiro atoms. The van der Waals surface area contributed by atoms with Gasteiger partial charge in [0, 0.05) is 5.54 Å². The zero-order valence-electron chi connectivity index (χ0n) is 16.8. The molecule has 0 bridgehead atoms. The molecular formula is C19H27N5O2. The van der Waals surface area contributed by atoms with Crippen LogP contribution in [0.2, 0.25) is 0 Å². The van der Waals surface area contributed by atoms with Crippen molar-refractivity contribution < 1.29 is 9.59 Å². The van der Waals surface area contributed by atoms with Gasteiger partial charge in [0.05, 0.1) is 5.54 Å². The van der Waals surface area contributed by atoms with Crippen LogP contribution in [0.5, 0.6) is 0 Å². The van der Waals surface area contributed by atoms with Gasteiger partial charge in [0.25, 0.3) is 5.84 Å².